The Morgan fingerprint density at radius 2 is 1.09 bits per heavy atom. The average Bonchev–Trinajstić information content (AvgIpc) is 3.30. The van der Waals surface area contributed by atoms with E-state index in [9.17, 15) is 14.4 Å². The Labute approximate surface area is 415 Å². The van der Waals surface area contributed by atoms with Crippen molar-refractivity contribution in [3.63, 3.8) is 0 Å². The van der Waals surface area contributed by atoms with Crippen LogP contribution in [0.15, 0.2) is 72.8 Å². The maximum atomic E-state index is 12.2. The highest BCUT2D eigenvalue weighted by Gasteiger charge is 2.52. The highest BCUT2D eigenvalue weighted by Crippen LogP contribution is 2.54. The number of hydrogen-bond acceptors (Lipinski definition) is 8. The first-order chi connectivity index (χ1) is 32.6. The van der Waals surface area contributed by atoms with E-state index < -0.39 is 0 Å². The first-order valence-electron chi connectivity index (χ1n) is 26.5. The normalized spacial score (nSPS) is 26.1. The predicted molar refractivity (Wildman–Crippen MR) is 282 cm³/mol. The zero-order valence-corrected chi connectivity index (χ0v) is 44.5. The van der Waals surface area contributed by atoms with E-state index in [1.807, 2.05) is 64.1 Å². The number of nitrogens with two attached hydrogens (primary N) is 1. The molecule has 0 amide bonds. The Hall–Kier alpha value is -4.43. The Morgan fingerprint density at radius 1 is 0.623 bits per heavy atom. The number of aldehydes is 1. The summed E-state index contributed by atoms with van der Waals surface area (Å²) in [5, 5.41) is 4.64. The van der Waals surface area contributed by atoms with Crippen molar-refractivity contribution in [2.75, 3.05) is 13.2 Å². The van der Waals surface area contributed by atoms with E-state index >= 15 is 0 Å². The maximum Gasteiger partial charge on any atom is 0.309 e. The second-order valence-corrected chi connectivity index (χ2v) is 24.1. The third-order valence-corrected chi connectivity index (χ3v) is 17.0. The molecule has 4 aromatic carbocycles. The summed E-state index contributed by atoms with van der Waals surface area (Å²) in [6.45, 7) is 27.2. The fraction of sp³-hybridized carbons (Fsp3) is 0.623. The molecule has 8 heteroatoms. The molecule has 4 saturated carbocycles. The minimum absolute atomic E-state index is 0.00690. The lowest BCUT2D eigenvalue weighted by Crippen LogP contribution is -2.57. The lowest BCUT2D eigenvalue weighted by atomic mass is 9.53. The van der Waals surface area contributed by atoms with Crippen LogP contribution in [0.2, 0.25) is 0 Å². The van der Waals surface area contributed by atoms with Crippen molar-refractivity contribution < 1.29 is 33.3 Å². The lowest BCUT2D eigenvalue weighted by Gasteiger charge is -2.50. The van der Waals surface area contributed by atoms with Gasteiger partial charge in [0.05, 0.1) is 37.3 Å². The van der Waals surface area contributed by atoms with Crippen molar-refractivity contribution in [3.8, 4) is 11.5 Å². The second kappa shape index (κ2) is 22.8. The molecular weight excluding hydrogens is 859 g/mol. The van der Waals surface area contributed by atoms with E-state index in [0.29, 0.717) is 47.7 Å². The van der Waals surface area contributed by atoms with Gasteiger partial charge in [0.1, 0.15) is 17.8 Å². The number of ether oxygens (including phenoxy) is 4. The van der Waals surface area contributed by atoms with Crippen molar-refractivity contribution in [1.29, 1.82) is 0 Å². The molecule has 4 atom stereocenters. The van der Waals surface area contributed by atoms with Crippen LogP contribution in [0.25, 0.3) is 21.5 Å². The van der Waals surface area contributed by atoms with Crippen molar-refractivity contribution in [3.05, 3.63) is 83.9 Å². The number of benzene rings is 4. The number of carbonyl (C=O) groups is 3. The van der Waals surface area contributed by atoms with Crippen LogP contribution in [0.3, 0.4) is 0 Å². The van der Waals surface area contributed by atoms with Crippen molar-refractivity contribution in [2.45, 2.75) is 178 Å². The zero-order valence-electron chi connectivity index (χ0n) is 44.5. The molecule has 4 aromatic rings. The van der Waals surface area contributed by atoms with Gasteiger partial charge in [0.15, 0.2) is 0 Å². The summed E-state index contributed by atoms with van der Waals surface area (Å²) >= 11 is 0. The maximum absolute atomic E-state index is 12.2. The predicted octanol–water partition coefficient (Wildman–Crippen LogP) is 14.5. The molecule has 0 saturated heterocycles. The standard InChI is InChI=1S/C31H44O3.C21H26O2.C9H17NO2/c1-7-33-29(32)27-20-24(31(27,5)6)13-11-21-12-18-26-22(19-21)9-8-10-28(26)34-25-16-14-23(15-17-25)30(2,3)4;1-21(2,3)17-8-10-18(11-9-17)23-20-6-4-5-16-13-15(14-22)7-12-19(16)20;1-4-12-8(11)6-5-7(10)9(6,2)3/h8-10,12,18-19,23-25,27H,7,11,13-17,20H2,1-6H3;4-7,12-14,17-18H,8-11H2,1-3H3;6-7H,4-5,10H2,1-3H3. The number of aryl methyl sites for hydroxylation is 1. The topological polar surface area (TPSA) is 114 Å². The Bertz CT molecular complexity index is 2340. The summed E-state index contributed by atoms with van der Waals surface area (Å²) in [7, 11) is 0. The Morgan fingerprint density at radius 3 is 1.51 bits per heavy atom. The van der Waals surface area contributed by atoms with E-state index in [1.54, 1.807) is 0 Å². The van der Waals surface area contributed by atoms with Gasteiger partial charge in [-0.15, -0.1) is 0 Å². The highest BCUT2D eigenvalue weighted by atomic mass is 16.5. The molecule has 0 heterocycles. The van der Waals surface area contributed by atoms with E-state index in [-0.39, 0.29) is 40.6 Å². The van der Waals surface area contributed by atoms with Crippen LogP contribution in [0.4, 0.5) is 0 Å². The monoisotopic (exact) mass is 946 g/mol. The zero-order chi connectivity index (χ0) is 50.3. The first kappa shape index (κ1) is 53.9. The van der Waals surface area contributed by atoms with Crippen LogP contribution in [0.1, 0.15) is 170 Å². The minimum atomic E-state index is -0.0933. The molecule has 0 aromatic heterocycles. The number of carbonyl (C=O) groups excluding carboxylic acids is 3. The molecule has 4 aliphatic rings. The van der Waals surface area contributed by atoms with Gasteiger partial charge in [-0.3, -0.25) is 14.4 Å². The molecule has 2 N–H and O–H groups in total. The Kier molecular flexibility index (Phi) is 17.8. The summed E-state index contributed by atoms with van der Waals surface area (Å²) in [4.78, 5) is 34.4. The minimum Gasteiger partial charge on any atom is -0.490 e. The van der Waals surface area contributed by atoms with E-state index in [1.165, 1.54) is 42.0 Å². The molecule has 8 nitrogen and oxygen atoms in total. The van der Waals surface area contributed by atoms with Gasteiger partial charge in [-0.05, 0) is 171 Å². The molecule has 4 aliphatic carbocycles. The molecule has 0 bridgehead atoms. The third kappa shape index (κ3) is 13.3. The van der Waals surface area contributed by atoms with Crippen LogP contribution in [0, 0.1) is 51.2 Å². The van der Waals surface area contributed by atoms with Gasteiger partial charge in [0.25, 0.3) is 0 Å². The van der Waals surface area contributed by atoms with Crippen LogP contribution in [-0.2, 0) is 25.5 Å². The van der Waals surface area contributed by atoms with Gasteiger partial charge in [0.2, 0.25) is 0 Å². The number of esters is 2. The summed E-state index contributed by atoms with van der Waals surface area (Å²) in [6, 6.07) is 25.3. The van der Waals surface area contributed by atoms with Gasteiger partial charge < -0.3 is 24.7 Å². The average molecular weight is 946 g/mol. The smallest absolute Gasteiger partial charge is 0.309 e. The molecule has 378 valence electrons. The molecule has 0 aliphatic heterocycles. The van der Waals surface area contributed by atoms with Gasteiger partial charge in [-0.25, -0.2) is 0 Å². The summed E-state index contributed by atoms with van der Waals surface area (Å²) in [5.74, 6) is 4.08. The first-order valence-corrected chi connectivity index (χ1v) is 26.5. The number of rotatable bonds is 12. The van der Waals surface area contributed by atoms with Crippen LogP contribution >= 0.6 is 0 Å². The number of hydrogen-bond donors (Lipinski definition) is 1. The highest BCUT2D eigenvalue weighted by molar-refractivity contribution is 5.93. The van der Waals surface area contributed by atoms with Gasteiger partial charge in [-0.2, -0.15) is 0 Å². The molecule has 69 heavy (non-hydrogen) atoms. The third-order valence-electron chi connectivity index (χ3n) is 17.0. The van der Waals surface area contributed by atoms with Crippen LogP contribution in [-0.4, -0.2) is 49.7 Å². The summed E-state index contributed by atoms with van der Waals surface area (Å²) < 4.78 is 23.1. The van der Waals surface area contributed by atoms with Crippen LogP contribution in [0.5, 0.6) is 11.5 Å². The number of fused-ring (bicyclic) bond motifs is 2. The van der Waals surface area contributed by atoms with Gasteiger partial charge in [0, 0.05) is 22.4 Å². The SMILES string of the molecule is CC(C)(C)C1CCC(Oc2cccc3cc(C=O)ccc23)CC1.CCOC(=O)C1CC(CCc2ccc3c(OC4CCC(C(C)(C)C)CC4)cccc3c2)C1(C)C.CCOC(=O)C1CC(N)C1(C)C. The molecule has 8 rings (SSSR count). The van der Waals surface area contributed by atoms with E-state index in [0.717, 1.165) is 91.8 Å². The van der Waals surface area contributed by atoms with E-state index in [4.69, 9.17) is 24.7 Å². The van der Waals surface area contributed by atoms with Crippen molar-refractivity contribution in [2.24, 2.45) is 57.0 Å². The largest absolute Gasteiger partial charge is 0.490 e. The molecule has 4 fully saturated rings. The molecule has 0 radical (unpaired) electrons. The van der Waals surface area contributed by atoms with E-state index in [2.05, 4.69) is 91.8 Å². The molecule has 4 unspecified atom stereocenters. The second-order valence-electron chi connectivity index (χ2n) is 24.1. The fourth-order valence-corrected chi connectivity index (χ4v) is 11.6. The van der Waals surface area contributed by atoms with Crippen molar-refractivity contribution in [1.82, 2.24) is 0 Å². The molecular formula is C61H87NO7. The Balaban J connectivity index is 0.000000191. The molecule has 0 spiro atoms. The quantitative estimate of drug-likeness (QED) is 0.110. The van der Waals surface area contributed by atoms with Crippen molar-refractivity contribution >= 4 is 39.8 Å². The summed E-state index contributed by atoms with van der Waals surface area (Å²) in [6.07, 6.45) is 15.0. The lowest BCUT2D eigenvalue weighted by molar-refractivity contribution is -0.165. The fourth-order valence-electron chi connectivity index (χ4n) is 11.6. The van der Waals surface area contributed by atoms with Crippen LogP contribution < -0.4 is 15.2 Å². The van der Waals surface area contributed by atoms with Gasteiger partial charge >= 0.3 is 11.9 Å². The summed E-state index contributed by atoms with van der Waals surface area (Å²) in [5.41, 5.74) is 8.59. The van der Waals surface area contributed by atoms with Gasteiger partial charge in [-0.1, -0.05) is 118 Å².